The number of esters is 4. The van der Waals surface area contributed by atoms with Gasteiger partial charge in [-0.2, -0.15) is 0 Å². The number of ketones is 2. The number of halogens is 1. The largest absolute Gasteiger partial charge is 0.455 e. The SMILES string of the molecule is CC.CC.CC(=O)C(C)OC(=O)C(CC(C)C)N(C)C(=O)COC(=O)C(C)CC(C)C.CCCC(=O)C(C)OC(=O)C(CC(C)C)N(C)C(=O)COC(=O)C(CC(C)C)C(C)CC.Cc1ccc(CBr)cc1.Cc1ccccc1. The number of hydrogen-bond donors (Lipinski definition) is 0. The van der Waals surface area contributed by atoms with Gasteiger partial charge >= 0.3 is 23.9 Å². The van der Waals surface area contributed by atoms with E-state index >= 15 is 0 Å². The number of nitrogens with zero attached hydrogens (tertiary/aromatic N) is 2. The normalized spacial score (nSPS) is 13.1. The number of rotatable bonds is 27. The van der Waals surface area contributed by atoms with Gasteiger partial charge in [0.15, 0.2) is 37.0 Å². The van der Waals surface area contributed by atoms with Crippen molar-refractivity contribution in [2.24, 2.45) is 41.4 Å². The van der Waals surface area contributed by atoms with Crippen LogP contribution in [0.15, 0.2) is 54.6 Å². The Bertz CT molecular complexity index is 1990. The van der Waals surface area contributed by atoms with E-state index in [0.717, 1.165) is 11.8 Å². The standard InChI is InChI=1S/C25H45NO6.C20H35NO6.C8H9Br.C7H8.2C2H6/c1-10-12-22(27)19(8)32-25(30)21(14-17(5)6)26(9)23(28)15-31-24(29)20(13-16(3)4)18(7)11-2;1-12(2)9-14(5)19(24)26-11-18(23)21(8)17(10-13(3)4)20(25)27-16(7)15(6)22;1-7-2-4-8(6-9)5-3-7;1-7-5-3-2-4-6-7;2*1-2/h16-21H,10-15H2,1-9H3;12-14,16-17H,9-11H2,1-8H3;2-5H,6H2,1H3;2-6H,1H3;2*1-2H3. The van der Waals surface area contributed by atoms with Crippen molar-refractivity contribution in [1.82, 2.24) is 9.80 Å². The molecule has 0 aliphatic carbocycles. The van der Waals surface area contributed by atoms with Gasteiger partial charge in [0.2, 0.25) is 0 Å². The second-order valence-corrected chi connectivity index (χ2v) is 22.0. The maximum absolute atomic E-state index is 12.8. The second-order valence-electron chi connectivity index (χ2n) is 21.4. The molecule has 7 unspecified atom stereocenters. The van der Waals surface area contributed by atoms with E-state index in [9.17, 15) is 38.4 Å². The van der Waals surface area contributed by atoms with Crippen LogP contribution >= 0.6 is 15.9 Å². The molecule has 7 atom stereocenters. The number of hydrogen-bond acceptors (Lipinski definition) is 12. The van der Waals surface area contributed by atoms with Crippen LogP contribution in [0.3, 0.4) is 0 Å². The Hall–Kier alpha value is -4.92. The third-order valence-corrected chi connectivity index (χ3v) is 12.9. The maximum atomic E-state index is 12.8. The van der Waals surface area contributed by atoms with Crippen LogP contribution in [0.2, 0.25) is 0 Å². The highest BCUT2D eigenvalue weighted by molar-refractivity contribution is 9.08. The van der Waals surface area contributed by atoms with Gasteiger partial charge < -0.3 is 28.7 Å². The number of alkyl halides is 1. The Morgan fingerprint density at radius 1 is 0.519 bits per heavy atom. The number of Topliss-reactive ketones (excluding diaryl/α,β-unsaturated/α-hetero) is 2. The molecule has 0 aromatic heterocycles. The molecule has 14 nitrogen and oxygen atoms in total. The molecular formula is C64H109BrN2O12. The molecular weight excluding hydrogens is 1070 g/mol. The van der Waals surface area contributed by atoms with Crippen molar-refractivity contribution in [3.63, 3.8) is 0 Å². The fourth-order valence-corrected chi connectivity index (χ4v) is 7.63. The van der Waals surface area contributed by atoms with Gasteiger partial charge in [-0.1, -0.05) is 199 Å². The number of carbonyl (C=O) groups excluding carboxylic acids is 8. The van der Waals surface area contributed by atoms with Crippen LogP contribution < -0.4 is 0 Å². The molecule has 15 heteroatoms. The molecule has 0 saturated heterocycles. The molecule has 2 amide bonds. The molecule has 0 radical (unpaired) electrons. The van der Waals surface area contributed by atoms with E-state index < -0.39 is 67.2 Å². The van der Waals surface area contributed by atoms with E-state index in [1.54, 1.807) is 13.8 Å². The van der Waals surface area contributed by atoms with Gasteiger partial charge in [0.05, 0.1) is 11.8 Å². The molecule has 2 rings (SSSR count). The lowest BCUT2D eigenvalue weighted by Crippen LogP contribution is -2.47. The van der Waals surface area contributed by atoms with Crippen LogP contribution in [0.4, 0.5) is 0 Å². The lowest BCUT2D eigenvalue weighted by molar-refractivity contribution is -0.165. The van der Waals surface area contributed by atoms with Gasteiger partial charge in [0.25, 0.3) is 11.8 Å². The maximum Gasteiger partial charge on any atom is 0.329 e. The summed E-state index contributed by atoms with van der Waals surface area (Å²) in [7, 11) is 2.98. The minimum Gasteiger partial charge on any atom is -0.455 e. The first kappa shape index (κ1) is 80.6. The zero-order valence-electron chi connectivity index (χ0n) is 53.3. The topological polar surface area (TPSA) is 180 Å². The van der Waals surface area contributed by atoms with Gasteiger partial charge in [-0.25, -0.2) is 9.59 Å². The first-order valence-electron chi connectivity index (χ1n) is 28.9. The number of carbonyl (C=O) groups is 8. The molecule has 0 N–H and O–H groups in total. The Labute approximate surface area is 488 Å². The van der Waals surface area contributed by atoms with Gasteiger partial charge in [0.1, 0.15) is 12.1 Å². The Morgan fingerprint density at radius 2 is 0.911 bits per heavy atom. The lowest BCUT2D eigenvalue weighted by atomic mass is 9.85. The number of likely N-dealkylation sites (N-methyl/N-ethyl adjacent to an activating group) is 2. The third kappa shape index (κ3) is 38.4. The van der Waals surface area contributed by atoms with Crippen LogP contribution in [0.1, 0.15) is 193 Å². The van der Waals surface area contributed by atoms with Gasteiger partial charge in [0, 0.05) is 25.8 Å². The lowest BCUT2D eigenvalue weighted by Gasteiger charge is -2.29. The van der Waals surface area contributed by atoms with Gasteiger partial charge in [-0.3, -0.25) is 28.8 Å². The van der Waals surface area contributed by atoms with E-state index in [-0.39, 0.29) is 47.1 Å². The van der Waals surface area contributed by atoms with E-state index in [0.29, 0.717) is 50.4 Å². The molecule has 2 aromatic rings. The molecule has 0 saturated carbocycles. The number of amides is 2. The van der Waals surface area contributed by atoms with E-state index in [2.05, 4.69) is 80.0 Å². The first-order chi connectivity index (χ1) is 36.9. The highest BCUT2D eigenvalue weighted by atomic mass is 79.9. The predicted molar refractivity (Wildman–Crippen MR) is 324 cm³/mol. The smallest absolute Gasteiger partial charge is 0.329 e. The number of ether oxygens (including phenoxy) is 4. The van der Waals surface area contributed by atoms with Gasteiger partial charge in [-0.15, -0.1) is 0 Å². The first-order valence-corrected chi connectivity index (χ1v) is 30.0. The van der Waals surface area contributed by atoms with Crippen LogP contribution in [-0.4, -0.2) is 109 Å². The minimum atomic E-state index is -0.870. The summed E-state index contributed by atoms with van der Waals surface area (Å²) in [5, 5.41) is 0.952. The van der Waals surface area contributed by atoms with Crippen molar-refractivity contribution in [2.75, 3.05) is 27.3 Å². The van der Waals surface area contributed by atoms with Crippen LogP contribution in [0.25, 0.3) is 0 Å². The molecule has 0 bridgehead atoms. The third-order valence-electron chi connectivity index (χ3n) is 12.2. The average molecular weight is 1180 g/mol. The predicted octanol–water partition coefficient (Wildman–Crippen LogP) is 14.0. The molecule has 2 aromatic carbocycles. The summed E-state index contributed by atoms with van der Waals surface area (Å²) in [4.78, 5) is 101. The molecule has 0 fully saturated rings. The zero-order valence-corrected chi connectivity index (χ0v) is 54.9. The Balaban J connectivity index is -0.000000529. The van der Waals surface area contributed by atoms with Crippen molar-refractivity contribution in [1.29, 1.82) is 0 Å². The molecule has 454 valence electrons. The molecule has 0 aliphatic rings. The monoisotopic (exact) mass is 1180 g/mol. The summed E-state index contributed by atoms with van der Waals surface area (Å²) in [6, 6.07) is 17.1. The van der Waals surface area contributed by atoms with Crippen molar-refractivity contribution in [2.45, 2.75) is 220 Å². The summed E-state index contributed by atoms with van der Waals surface area (Å²) in [5.41, 5.74) is 3.97. The van der Waals surface area contributed by atoms with Crippen molar-refractivity contribution < 1.29 is 57.3 Å². The summed E-state index contributed by atoms with van der Waals surface area (Å²) in [6.07, 6.45) is 2.26. The summed E-state index contributed by atoms with van der Waals surface area (Å²) in [6.45, 7) is 39.2. The molecule has 79 heavy (non-hydrogen) atoms. The minimum absolute atomic E-state index is 0.118. The summed E-state index contributed by atoms with van der Waals surface area (Å²) in [5.74, 6) is -2.92. The molecule has 0 heterocycles. The molecule has 0 aliphatic heterocycles. The van der Waals surface area contributed by atoms with Crippen LogP contribution in [0.5, 0.6) is 0 Å². The van der Waals surface area contributed by atoms with Crippen molar-refractivity contribution >= 4 is 63.2 Å². The van der Waals surface area contributed by atoms with E-state index in [4.69, 9.17) is 18.9 Å². The molecule has 0 spiro atoms. The van der Waals surface area contributed by atoms with Crippen LogP contribution in [0, 0.1) is 55.3 Å². The quantitative estimate of drug-likeness (QED) is 0.0470. The fraction of sp³-hybridized carbons (Fsp3) is 0.688. The summed E-state index contributed by atoms with van der Waals surface area (Å²) < 4.78 is 21.0. The van der Waals surface area contributed by atoms with Gasteiger partial charge in [-0.05, 0) is 102 Å². The number of aryl methyl sites for hydroxylation is 2. The summed E-state index contributed by atoms with van der Waals surface area (Å²) >= 11 is 3.38. The highest BCUT2D eigenvalue weighted by Crippen LogP contribution is 2.25. The zero-order chi connectivity index (χ0) is 62.1. The van der Waals surface area contributed by atoms with Crippen molar-refractivity contribution in [3.8, 4) is 0 Å². The van der Waals surface area contributed by atoms with Crippen LogP contribution in [-0.2, 0) is 62.6 Å². The Kier molecular flexibility index (Phi) is 47.7. The average Bonchev–Trinajstić information content (AvgIpc) is 3.40. The van der Waals surface area contributed by atoms with Crippen molar-refractivity contribution in [3.05, 3.63) is 71.3 Å². The van der Waals surface area contributed by atoms with E-state index in [1.165, 1.54) is 54.4 Å². The highest BCUT2D eigenvalue weighted by Gasteiger charge is 2.34. The van der Waals surface area contributed by atoms with E-state index in [1.807, 2.05) is 108 Å². The Morgan fingerprint density at radius 3 is 1.25 bits per heavy atom. The number of benzene rings is 2. The fourth-order valence-electron chi connectivity index (χ4n) is 7.26. The second kappa shape index (κ2) is 46.8.